The molecule has 0 aromatic heterocycles. The summed E-state index contributed by atoms with van der Waals surface area (Å²) in [7, 11) is 0. The number of halogens is 3. The van der Waals surface area contributed by atoms with Gasteiger partial charge in [0.1, 0.15) is 6.04 Å². The fourth-order valence-electron chi connectivity index (χ4n) is 1.72. The Bertz CT molecular complexity index is 423. The van der Waals surface area contributed by atoms with Crippen LogP contribution in [0.25, 0.3) is 0 Å². The summed E-state index contributed by atoms with van der Waals surface area (Å²) in [5.74, 6) is -0.615. The highest BCUT2D eigenvalue weighted by Crippen LogP contribution is 2.25. The number of para-hydroxylation sites is 1. The van der Waals surface area contributed by atoms with Gasteiger partial charge in [0, 0.05) is 12.1 Å². The zero-order valence-electron chi connectivity index (χ0n) is 9.25. The van der Waals surface area contributed by atoms with Crippen molar-refractivity contribution in [3.8, 4) is 0 Å². The number of hydroxylamine groups is 1. The van der Waals surface area contributed by atoms with E-state index < -0.39 is 24.7 Å². The van der Waals surface area contributed by atoms with Crippen molar-refractivity contribution < 1.29 is 22.8 Å². The molecule has 1 aliphatic rings. The molecule has 0 bridgehead atoms. The number of benzene rings is 1. The van der Waals surface area contributed by atoms with Gasteiger partial charge < -0.3 is 5.32 Å². The van der Waals surface area contributed by atoms with Gasteiger partial charge in [-0.1, -0.05) is 18.2 Å². The van der Waals surface area contributed by atoms with Gasteiger partial charge in [-0.15, -0.1) is 0 Å². The minimum absolute atomic E-state index is 0.428. The predicted molar refractivity (Wildman–Crippen MR) is 57.7 cm³/mol. The molecule has 0 fully saturated rings. The lowest BCUT2D eigenvalue weighted by molar-refractivity contribution is -0.191. The molecule has 2 rings (SSSR count). The van der Waals surface area contributed by atoms with Crippen molar-refractivity contribution in [1.29, 1.82) is 0 Å². The van der Waals surface area contributed by atoms with Crippen molar-refractivity contribution in [2.24, 2.45) is 0 Å². The maximum Gasteiger partial charge on any atom is 0.414 e. The van der Waals surface area contributed by atoms with Crippen LogP contribution in [0, 0.1) is 0 Å². The van der Waals surface area contributed by atoms with Crippen LogP contribution < -0.4 is 10.8 Å². The molecule has 0 aliphatic carbocycles. The van der Waals surface area contributed by atoms with Crippen LogP contribution in [-0.2, 0) is 16.1 Å². The molecule has 1 aliphatic heterocycles. The molecular formula is C11H11F3N2O2. The van der Waals surface area contributed by atoms with Gasteiger partial charge in [0.15, 0.2) is 6.61 Å². The minimum atomic E-state index is -4.46. The lowest BCUT2D eigenvalue weighted by Gasteiger charge is -2.12. The number of hydrogen-bond acceptors (Lipinski definition) is 3. The Morgan fingerprint density at radius 3 is 2.83 bits per heavy atom. The number of nitrogens with one attached hydrogen (secondary N) is 2. The third-order valence-corrected chi connectivity index (χ3v) is 2.50. The molecule has 1 atom stereocenters. The summed E-state index contributed by atoms with van der Waals surface area (Å²) in [4.78, 5) is 15.6. The Labute approximate surface area is 101 Å². The first-order valence-corrected chi connectivity index (χ1v) is 5.28. The average Bonchev–Trinajstić information content (AvgIpc) is 2.70. The van der Waals surface area contributed by atoms with E-state index in [2.05, 4.69) is 10.2 Å². The summed E-state index contributed by atoms with van der Waals surface area (Å²) in [6.45, 7) is -1.50. The fraction of sp³-hybridized carbons (Fsp3) is 0.364. The second kappa shape index (κ2) is 4.85. The minimum Gasteiger partial charge on any atom is -0.373 e. The van der Waals surface area contributed by atoms with Crippen molar-refractivity contribution in [3.63, 3.8) is 0 Å². The van der Waals surface area contributed by atoms with Crippen LogP contribution in [0.1, 0.15) is 5.56 Å². The number of anilines is 1. The third-order valence-electron chi connectivity index (χ3n) is 2.50. The first kappa shape index (κ1) is 12.7. The van der Waals surface area contributed by atoms with Crippen LogP contribution in [0.15, 0.2) is 24.3 Å². The largest absolute Gasteiger partial charge is 0.414 e. The maximum atomic E-state index is 11.8. The van der Waals surface area contributed by atoms with Crippen molar-refractivity contribution in [2.75, 3.05) is 11.9 Å². The Morgan fingerprint density at radius 2 is 2.17 bits per heavy atom. The van der Waals surface area contributed by atoms with E-state index in [9.17, 15) is 18.0 Å². The number of alkyl halides is 3. The van der Waals surface area contributed by atoms with Gasteiger partial charge in [-0.2, -0.15) is 13.2 Å². The maximum absolute atomic E-state index is 11.8. The van der Waals surface area contributed by atoms with E-state index in [0.717, 1.165) is 11.3 Å². The summed E-state index contributed by atoms with van der Waals surface area (Å²) in [5.41, 5.74) is 3.56. The summed E-state index contributed by atoms with van der Waals surface area (Å²) in [5, 5.41) is 2.91. The van der Waals surface area contributed by atoms with Gasteiger partial charge in [-0.05, 0) is 11.6 Å². The van der Waals surface area contributed by atoms with Crippen LogP contribution in [0.2, 0.25) is 0 Å². The molecular weight excluding hydrogens is 249 g/mol. The summed E-state index contributed by atoms with van der Waals surface area (Å²) >= 11 is 0. The zero-order chi connectivity index (χ0) is 13.2. The van der Waals surface area contributed by atoms with E-state index in [4.69, 9.17) is 0 Å². The van der Waals surface area contributed by atoms with Gasteiger partial charge in [0.25, 0.3) is 5.91 Å². The molecule has 1 unspecified atom stereocenters. The quantitative estimate of drug-likeness (QED) is 0.812. The first-order valence-electron chi connectivity index (χ1n) is 5.28. The van der Waals surface area contributed by atoms with E-state index in [1.165, 1.54) is 0 Å². The fourth-order valence-corrected chi connectivity index (χ4v) is 1.72. The monoisotopic (exact) mass is 260 g/mol. The predicted octanol–water partition coefficient (Wildman–Crippen LogP) is 1.63. The van der Waals surface area contributed by atoms with E-state index in [1.54, 1.807) is 11.5 Å². The highest BCUT2D eigenvalue weighted by molar-refractivity contribution is 5.86. The Balaban J connectivity index is 1.83. The SMILES string of the molecule is O=C(NOCC(F)(F)F)C1Cc2ccccc2N1. The second-order valence-electron chi connectivity index (χ2n) is 3.93. The normalized spacial score (nSPS) is 18.1. The Kier molecular flexibility index (Phi) is 3.42. The number of carbonyl (C=O) groups excluding carboxylic acids is 1. The number of rotatable bonds is 3. The average molecular weight is 260 g/mol. The number of fused-ring (bicyclic) bond motifs is 1. The summed E-state index contributed by atoms with van der Waals surface area (Å²) in [6, 6.07) is 6.70. The number of amides is 1. The molecule has 1 aromatic carbocycles. The molecule has 0 radical (unpaired) electrons. The van der Waals surface area contributed by atoms with Gasteiger partial charge in [-0.25, -0.2) is 5.48 Å². The van der Waals surface area contributed by atoms with Crippen molar-refractivity contribution in [3.05, 3.63) is 29.8 Å². The second-order valence-corrected chi connectivity index (χ2v) is 3.93. The van der Waals surface area contributed by atoms with Crippen LogP contribution in [-0.4, -0.2) is 24.7 Å². The molecule has 0 spiro atoms. The van der Waals surface area contributed by atoms with Gasteiger partial charge >= 0.3 is 6.18 Å². The van der Waals surface area contributed by atoms with E-state index in [-0.39, 0.29) is 0 Å². The zero-order valence-corrected chi connectivity index (χ0v) is 9.25. The summed E-state index contributed by atoms with van der Waals surface area (Å²) < 4.78 is 35.4. The molecule has 1 amide bonds. The number of hydrogen-bond donors (Lipinski definition) is 2. The van der Waals surface area contributed by atoms with Gasteiger partial charge in [0.2, 0.25) is 0 Å². The van der Waals surface area contributed by atoms with Crippen LogP contribution in [0.5, 0.6) is 0 Å². The highest BCUT2D eigenvalue weighted by atomic mass is 19.4. The van der Waals surface area contributed by atoms with Gasteiger partial charge in [-0.3, -0.25) is 9.63 Å². The Morgan fingerprint density at radius 1 is 1.44 bits per heavy atom. The molecule has 1 aromatic rings. The molecule has 7 heteroatoms. The molecule has 18 heavy (non-hydrogen) atoms. The van der Waals surface area contributed by atoms with E-state index in [1.807, 2.05) is 18.2 Å². The Hall–Kier alpha value is -1.76. The first-order chi connectivity index (χ1) is 8.46. The molecule has 0 saturated carbocycles. The van der Waals surface area contributed by atoms with Crippen LogP contribution >= 0.6 is 0 Å². The lowest BCUT2D eigenvalue weighted by Crippen LogP contribution is -2.40. The van der Waals surface area contributed by atoms with Crippen LogP contribution in [0.4, 0.5) is 18.9 Å². The molecule has 4 nitrogen and oxygen atoms in total. The van der Waals surface area contributed by atoms with Crippen LogP contribution in [0.3, 0.4) is 0 Å². The topological polar surface area (TPSA) is 50.4 Å². The number of carbonyl (C=O) groups is 1. The van der Waals surface area contributed by atoms with Crippen molar-refractivity contribution in [1.82, 2.24) is 5.48 Å². The summed E-state index contributed by atoms with van der Waals surface area (Å²) in [6.07, 6.45) is -4.03. The van der Waals surface area contributed by atoms with E-state index in [0.29, 0.717) is 6.42 Å². The van der Waals surface area contributed by atoms with Crippen molar-refractivity contribution in [2.45, 2.75) is 18.6 Å². The molecule has 0 saturated heterocycles. The standard InChI is InChI=1S/C11H11F3N2O2/c12-11(13,14)6-18-16-10(17)9-5-7-3-1-2-4-8(7)15-9/h1-4,9,15H,5-6H2,(H,16,17). The highest BCUT2D eigenvalue weighted by Gasteiger charge is 2.30. The van der Waals surface area contributed by atoms with E-state index >= 15 is 0 Å². The van der Waals surface area contributed by atoms with Crippen molar-refractivity contribution >= 4 is 11.6 Å². The van der Waals surface area contributed by atoms with Gasteiger partial charge in [0.05, 0.1) is 0 Å². The lowest BCUT2D eigenvalue weighted by atomic mass is 10.1. The smallest absolute Gasteiger partial charge is 0.373 e. The molecule has 98 valence electrons. The molecule has 1 heterocycles. The molecule has 2 N–H and O–H groups in total. The third kappa shape index (κ3) is 3.13.